The maximum Gasteiger partial charge on any atom is 0.267 e. The lowest BCUT2D eigenvalue weighted by Crippen LogP contribution is -2.22. The van der Waals surface area contributed by atoms with Crippen molar-refractivity contribution in [2.45, 2.75) is 24.4 Å². The third kappa shape index (κ3) is 3.46. The number of thioether (sulfide) groups is 1. The lowest BCUT2D eigenvalue weighted by Gasteiger charge is -2.21. The first kappa shape index (κ1) is 21.2. The van der Waals surface area contributed by atoms with E-state index in [-0.39, 0.29) is 12.4 Å². The van der Waals surface area contributed by atoms with Crippen LogP contribution in [0.3, 0.4) is 0 Å². The molecule has 0 spiro atoms. The third-order valence-corrected chi connectivity index (χ3v) is 7.06. The number of benzene rings is 3. The van der Waals surface area contributed by atoms with Gasteiger partial charge in [0.2, 0.25) is 5.78 Å². The van der Waals surface area contributed by atoms with Crippen molar-refractivity contribution < 1.29 is 9.47 Å². The lowest BCUT2D eigenvalue weighted by molar-refractivity contribution is -0.0168. The minimum atomic E-state index is -0.126. The molecule has 0 fully saturated rings. The van der Waals surface area contributed by atoms with Gasteiger partial charge in [-0.15, -0.1) is 10.2 Å². The molecular formula is C25H19ClN4O3S. The van der Waals surface area contributed by atoms with Gasteiger partial charge >= 0.3 is 0 Å². The number of aryl methyl sites for hydroxylation is 1. The van der Waals surface area contributed by atoms with E-state index in [1.165, 1.54) is 11.8 Å². The third-order valence-electron chi connectivity index (χ3n) is 5.86. The van der Waals surface area contributed by atoms with Gasteiger partial charge in [0, 0.05) is 21.9 Å². The highest BCUT2D eigenvalue weighted by molar-refractivity contribution is 7.98. The molecule has 2 aromatic heterocycles. The summed E-state index contributed by atoms with van der Waals surface area (Å²) in [5.74, 6) is 1.85. The fourth-order valence-corrected chi connectivity index (χ4v) is 5.48. The largest absolute Gasteiger partial charge is 0.467 e. The maximum atomic E-state index is 13.5. The number of nitrogens with zero attached hydrogens (tertiary/aromatic N) is 4. The molecule has 0 radical (unpaired) electrons. The molecule has 0 saturated carbocycles. The van der Waals surface area contributed by atoms with Gasteiger partial charge in [-0.25, -0.2) is 4.57 Å². The Balaban J connectivity index is 1.51. The summed E-state index contributed by atoms with van der Waals surface area (Å²) in [5.41, 5.74) is 4.29. The van der Waals surface area contributed by atoms with Crippen molar-refractivity contribution in [3.63, 3.8) is 0 Å². The van der Waals surface area contributed by atoms with Crippen molar-refractivity contribution >= 4 is 40.0 Å². The molecule has 0 atom stereocenters. The van der Waals surface area contributed by atoms with E-state index in [4.69, 9.17) is 21.1 Å². The molecule has 9 heteroatoms. The van der Waals surface area contributed by atoms with Crippen LogP contribution in [0.1, 0.15) is 16.7 Å². The minimum absolute atomic E-state index is 0.126. The topological polar surface area (TPSA) is 70.7 Å². The Kier molecular flexibility index (Phi) is 5.28. The molecule has 1 aliphatic rings. The van der Waals surface area contributed by atoms with E-state index >= 15 is 0 Å². The summed E-state index contributed by atoms with van der Waals surface area (Å²) in [7, 11) is 0. The van der Waals surface area contributed by atoms with Gasteiger partial charge in [0.15, 0.2) is 11.9 Å². The molecule has 5 aromatic rings. The number of aromatic nitrogens is 4. The predicted molar refractivity (Wildman–Crippen MR) is 132 cm³/mol. The molecule has 34 heavy (non-hydrogen) atoms. The van der Waals surface area contributed by atoms with Crippen LogP contribution in [0.15, 0.2) is 70.6 Å². The van der Waals surface area contributed by atoms with E-state index in [9.17, 15) is 4.79 Å². The second-order valence-electron chi connectivity index (χ2n) is 8.01. The van der Waals surface area contributed by atoms with Crippen molar-refractivity contribution in [3.8, 4) is 11.4 Å². The average molecular weight is 491 g/mol. The Morgan fingerprint density at radius 1 is 1.09 bits per heavy atom. The standard InChI is InChI=1S/C25H19ClN4O3S/c1-15-6-2-4-8-20(15)29-23(31)19-7-3-5-9-21(19)30-24(29)27-28-25(30)34-13-17-11-18(26)10-16-12-32-14-33-22(16)17/h2-11H,12-14H2,1H3. The van der Waals surface area contributed by atoms with Gasteiger partial charge in [0.1, 0.15) is 5.75 Å². The Labute approximate surface area is 203 Å². The van der Waals surface area contributed by atoms with Gasteiger partial charge in [-0.1, -0.05) is 53.7 Å². The SMILES string of the molecule is Cc1ccccc1-n1c(=O)c2ccccc2n2c(SCc3cc(Cl)cc4c3OCOC4)nnc12. The zero-order valence-electron chi connectivity index (χ0n) is 18.2. The first-order valence-electron chi connectivity index (χ1n) is 10.7. The zero-order valence-corrected chi connectivity index (χ0v) is 19.8. The fraction of sp³-hybridized carbons (Fsp3) is 0.160. The van der Waals surface area contributed by atoms with Crippen molar-refractivity contribution in [3.05, 3.63) is 92.7 Å². The fourth-order valence-electron chi connectivity index (χ4n) is 4.31. The van der Waals surface area contributed by atoms with Gasteiger partial charge < -0.3 is 9.47 Å². The molecule has 1 aliphatic heterocycles. The van der Waals surface area contributed by atoms with E-state index in [0.29, 0.717) is 33.7 Å². The molecule has 3 aromatic carbocycles. The summed E-state index contributed by atoms with van der Waals surface area (Å²) in [6.45, 7) is 2.66. The van der Waals surface area contributed by atoms with Crippen LogP contribution in [-0.4, -0.2) is 26.0 Å². The van der Waals surface area contributed by atoms with E-state index in [0.717, 1.165) is 33.6 Å². The van der Waals surface area contributed by atoms with E-state index in [1.807, 2.05) is 72.0 Å². The van der Waals surface area contributed by atoms with Crippen LogP contribution in [0.5, 0.6) is 5.75 Å². The first-order chi connectivity index (χ1) is 16.6. The van der Waals surface area contributed by atoms with Crippen LogP contribution in [0.4, 0.5) is 0 Å². The Morgan fingerprint density at radius 2 is 1.91 bits per heavy atom. The number of ether oxygens (including phenoxy) is 2. The Morgan fingerprint density at radius 3 is 2.79 bits per heavy atom. The van der Waals surface area contributed by atoms with Gasteiger partial charge in [0.25, 0.3) is 5.56 Å². The van der Waals surface area contributed by atoms with Crippen LogP contribution in [-0.2, 0) is 17.1 Å². The quantitative estimate of drug-likeness (QED) is 0.324. The number of hydrogen-bond donors (Lipinski definition) is 0. The molecule has 0 aliphatic carbocycles. The highest BCUT2D eigenvalue weighted by Gasteiger charge is 2.21. The van der Waals surface area contributed by atoms with Gasteiger partial charge in [-0.3, -0.25) is 9.20 Å². The normalized spacial score (nSPS) is 13.2. The van der Waals surface area contributed by atoms with Crippen LogP contribution in [0, 0.1) is 6.92 Å². The zero-order chi connectivity index (χ0) is 23.2. The molecule has 0 amide bonds. The average Bonchev–Trinajstić information content (AvgIpc) is 3.27. The summed E-state index contributed by atoms with van der Waals surface area (Å²) in [4.78, 5) is 13.5. The molecular weight excluding hydrogens is 472 g/mol. The molecule has 6 rings (SSSR count). The van der Waals surface area contributed by atoms with Crippen molar-refractivity contribution in [1.29, 1.82) is 0 Å². The highest BCUT2D eigenvalue weighted by Crippen LogP contribution is 2.35. The number of halogens is 1. The van der Waals surface area contributed by atoms with Gasteiger partial charge in [0.05, 0.1) is 23.2 Å². The summed E-state index contributed by atoms with van der Waals surface area (Å²) >= 11 is 7.86. The first-order valence-corrected chi connectivity index (χ1v) is 12.1. The molecule has 0 bridgehead atoms. The molecule has 170 valence electrons. The van der Waals surface area contributed by atoms with Crippen LogP contribution in [0.25, 0.3) is 22.4 Å². The summed E-state index contributed by atoms with van der Waals surface area (Å²) in [6, 6.07) is 19.1. The molecule has 0 unspecified atom stereocenters. The van der Waals surface area contributed by atoms with Crippen molar-refractivity contribution in [2.24, 2.45) is 0 Å². The highest BCUT2D eigenvalue weighted by atomic mass is 35.5. The monoisotopic (exact) mass is 490 g/mol. The van der Waals surface area contributed by atoms with Crippen molar-refractivity contribution in [1.82, 2.24) is 19.2 Å². The summed E-state index contributed by atoms with van der Waals surface area (Å²) < 4.78 is 14.7. The Hall–Kier alpha value is -3.33. The smallest absolute Gasteiger partial charge is 0.267 e. The van der Waals surface area contributed by atoms with E-state index in [2.05, 4.69) is 10.2 Å². The van der Waals surface area contributed by atoms with Crippen LogP contribution < -0.4 is 10.3 Å². The minimum Gasteiger partial charge on any atom is -0.467 e. The summed E-state index contributed by atoms with van der Waals surface area (Å²) in [5, 5.41) is 10.8. The number of hydrogen-bond acceptors (Lipinski definition) is 6. The van der Waals surface area contributed by atoms with E-state index < -0.39 is 0 Å². The van der Waals surface area contributed by atoms with Crippen LogP contribution >= 0.6 is 23.4 Å². The summed E-state index contributed by atoms with van der Waals surface area (Å²) in [6.07, 6.45) is 0. The predicted octanol–water partition coefficient (Wildman–Crippen LogP) is 5.15. The van der Waals surface area contributed by atoms with Gasteiger partial charge in [-0.2, -0.15) is 0 Å². The number of para-hydroxylation sites is 2. The number of fused-ring (bicyclic) bond motifs is 4. The molecule has 7 nitrogen and oxygen atoms in total. The maximum absolute atomic E-state index is 13.5. The van der Waals surface area contributed by atoms with Crippen molar-refractivity contribution in [2.75, 3.05) is 6.79 Å². The molecule has 0 N–H and O–H groups in total. The second-order valence-corrected chi connectivity index (χ2v) is 9.39. The van der Waals surface area contributed by atoms with Crippen LogP contribution in [0.2, 0.25) is 5.02 Å². The van der Waals surface area contributed by atoms with Gasteiger partial charge in [-0.05, 0) is 42.8 Å². The number of rotatable bonds is 4. The Bertz CT molecular complexity index is 1630. The molecule has 3 heterocycles. The van der Waals surface area contributed by atoms with E-state index in [1.54, 1.807) is 4.57 Å². The molecule has 0 saturated heterocycles. The second kappa shape index (κ2) is 8.47. The lowest BCUT2D eigenvalue weighted by atomic mass is 10.1.